The highest BCUT2D eigenvalue weighted by Crippen LogP contribution is 2.62. The lowest BCUT2D eigenvalue weighted by molar-refractivity contribution is -0.241. The fourth-order valence-electron chi connectivity index (χ4n) is 5.13. The lowest BCUT2D eigenvalue weighted by Gasteiger charge is -2.60. The summed E-state index contributed by atoms with van der Waals surface area (Å²) in [5.74, 6) is 1.84. The second kappa shape index (κ2) is 3.96. The average molecular weight is 252 g/mol. The molecule has 2 nitrogen and oxygen atoms in total. The van der Waals surface area contributed by atoms with Crippen molar-refractivity contribution in [3.05, 3.63) is 0 Å². The third kappa shape index (κ3) is 2.46. The van der Waals surface area contributed by atoms with E-state index in [4.69, 9.17) is 9.47 Å². The Morgan fingerprint density at radius 1 is 1.06 bits per heavy atom. The monoisotopic (exact) mass is 252 g/mol. The molecule has 0 saturated heterocycles. The van der Waals surface area contributed by atoms with Crippen molar-refractivity contribution in [2.24, 2.45) is 17.3 Å². The summed E-state index contributed by atoms with van der Waals surface area (Å²) in [5.41, 5.74) is 0.627. The van der Waals surface area contributed by atoms with Gasteiger partial charge in [0, 0.05) is 0 Å². The molecule has 0 spiro atoms. The van der Waals surface area contributed by atoms with Gasteiger partial charge in [-0.05, 0) is 76.5 Å². The Balaban J connectivity index is 1.64. The molecule has 4 aliphatic carbocycles. The molecule has 0 aromatic rings. The van der Waals surface area contributed by atoms with Crippen LogP contribution in [-0.4, -0.2) is 18.0 Å². The van der Waals surface area contributed by atoms with Crippen LogP contribution >= 0.6 is 0 Å². The van der Waals surface area contributed by atoms with Gasteiger partial charge in [0.1, 0.15) is 6.79 Å². The summed E-state index contributed by atoms with van der Waals surface area (Å²) in [6, 6.07) is 0. The molecule has 2 atom stereocenters. The summed E-state index contributed by atoms with van der Waals surface area (Å²) < 4.78 is 12.0. The quantitative estimate of drug-likeness (QED) is 0.703. The van der Waals surface area contributed by atoms with E-state index in [0.717, 1.165) is 11.8 Å². The lowest BCUT2D eigenvalue weighted by Crippen LogP contribution is -2.56. The van der Waals surface area contributed by atoms with E-state index in [2.05, 4.69) is 27.7 Å². The minimum absolute atomic E-state index is 0.0911. The molecule has 0 radical (unpaired) electrons. The van der Waals surface area contributed by atoms with Crippen molar-refractivity contribution < 1.29 is 9.47 Å². The van der Waals surface area contributed by atoms with Crippen molar-refractivity contribution in [3.63, 3.8) is 0 Å². The topological polar surface area (TPSA) is 18.5 Å². The maximum absolute atomic E-state index is 6.26. The van der Waals surface area contributed by atoms with Crippen molar-refractivity contribution in [2.45, 2.75) is 77.4 Å². The average Bonchev–Trinajstić information content (AvgIpc) is 2.09. The van der Waals surface area contributed by atoms with Gasteiger partial charge in [0.15, 0.2) is 0 Å². The van der Waals surface area contributed by atoms with Gasteiger partial charge in [-0.15, -0.1) is 0 Å². The molecule has 4 bridgehead atoms. The SMILES string of the molecule is CC12CC3CC(C1)CC(OCOC(C)(C)C)(C3)C2. The van der Waals surface area contributed by atoms with Gasteiger partial charge in [-0.2, -0.15) is 0 Å². The molecule has 4 saturated carbocycles. The maximum atomic E-state index is 6.26. The van der Waals surface area contributed by atoms with E-state index in [-0.39, 0.29) is 11.2 Å². The van der Waals surface area contributed by atoms with Crippen molar-refractivity contribution >= 4 is 0 Å². The van der Waals surface area contributed by atoms with Gasteiger partial charge in [-0.1, -0.05) is 6.92 Å². The first kappa shape index (κ1) is 12.9. The van der Waals surface area contributed by atoms with Crippen LogP contribution in [0.25, 0.3) is 0 Å². The van der Waals surface area contributed by atoms with Gasteiger partial charge in [-0.3, -0.25) is 0 Å². The molecule has 104 valence electrons. The van der Waals surface area contributed by atoms with Crippen LogP contribution in [-0.2, 0) is 9.47 Å². The van der Waals surface area contributed by atoms with Crippen LogP contribution in [0.1, 0.15) is 66.2 Å². The van der Waals surface area contributed by atoms with E-state index in [1.807, 2.05) is 0 Å². The fraction of sp³-hybridized carbons (Fsp3) is 1.00. The minimum Gasteiger partial charge on any atom is -0.350 e. The predicted molar refractivity (Wildman–Crippen MR) is 72.3 cm³/mol. The van der Waals surface area contributed by atoms with Gasteiger partial charge < -0.3 is 9.47 Å². The Morgan fingerprint density at radius 2 is 1.67 bits per heavy atom. The molecule has 2 heteroatoms. The molecule has 4 rings (SSSR count). The second-order valence-electron chi connectivity index (χ2n) is 8.47. The van der Waals surface area contributed by atoms with Crippen molar-refractivity contribution in [2.75, 3.05) is 6.79 Å². The molecule has 0 amide bonds. The van der Waals surface area contributed by atoms with Crippen LogP contribution in [0.3, 0.4) is 0 Å². The van der Waals surface area contributed by atoms with Crippen LogP contribution in [0, 0.1) is 17.3 Å². The first-order valence-electron chi connectivity index (χ1n) is 7.56. The number of rotatable bonds is 3. The second-order valence-corrected chi connectivity index (χ2v) is 8.47. The van der Waals surface area contributed by atoms with Crippen LogP contribution in [0.5, 0.6) is 0 Å². The summed E-state index contributed by atoms with van der Waals surface area (Å²) in [6.07, 6.45) is 8.17. The van der Waals surface area contributed by atoms with E-state index in [0.29, 0.717) is 12.2 Å². The van der Waals surface area contributed by atoms with Gasteiger partial charge in [0.05, 0.1) is 11.2 Å². The van der Waals surface area contributed by atoms with E-state index in [1.165, 1.54) is 38.5 Å². The van der Waals surface area contributed by atoms with Crippen molar-refractivity contribution in [1.29, 1.82) is 0 Å². The molecule has 2 unspecified atom stereocenters. The van der Waals surface area contributed by atoms with Crippen LogP contribution in [0.15, 0.2) is 0 Å². The summed E-state index contributed by atoms with van der Waals surface area (Å²) in [6.45, 7) is 9.23. The molecule has 4 fully saturated rings. The van der Waals surface area contributed by atoms with Crippen LogP contribution < -0.4 is 0 Å². The van der Waals surface area contributed by atoms with Crippen LogP contribution in [0.4, 0.5) is 0 Å². The summed E-state index contributed by atoms with van der Waals surface area (Å²) in [7, 11) is 0. The van der Waals surface area contributed by atoms with Gasteiger partial charge in [0.25, 0.3) is 0 Å². The Hall–Kier alpha value is -0.0800. The Bertz CT molecular complexity index is 314. The number of ether oxygens (including phenoxy) is 2. The Kier molecular flexibility index (Phi) is 2.84. The highest BCUT2D eigenvalue weighted by atomic mass is 16.7. The first-order valence-corrected chi connectivity index (χ1v) is 7.56. The van der Waals surface area contributed by atoms with E-state index < -0.39 is 0 Å². The zero-order chi connectivity index (χ0) is 13.0. The molecule has 0 aromatic heterocycles. The first-order chi connectivity index (χ1) is 8.28. The zero-order valence-corrected chi connectivity index (χ0v) is 12.4. The number of hydrogen-bond donors (Lipinski definition) is 0. The number of hydrogen-bond acceptors (Lipinski definition) is 2. The highest BCUT2D eigenvalue weighted by molar-refractivity contribution is 5.07. The molecule has 0 N–H and O–H groups in total. The maximum Gasteiger partial charge on any atom is 0.148 e. The van der Waals surface area contributed by atoms with Gasteiger partial charge >= 0.3 is 0 Å². The van der Waals surface area contributed by atoms with Crippen molar-refractivity contribution in [3.8, 4) is 0 Å². The zero-order valence-electron chi connectivity index (χ0n) is 12.4. The molecule has 0 aromatic carbocycles. The molecular formula is C16H28O2. The van der Waals surface area contributed by atoms with Crippen LogP contribution in [0.2, 0.25) is 0 Å². The molecular weight excluding hydrogens is 224 g/mol. The summed E-state index contributed by atoms with van der Waals surface area (Å²) in [5, 5.41) is 0. The molecule has 0 aliphatic heterocycles. The smallest absolute Gasteiger partial charge is 0.148 e. The molecule has 4 aliphatic rings. The third-order valence-electron chi connectivity index (χ3n) is 5.16. The highest BCUT2D eigenvalue weighted by Gasteiger charge is 2.56. The van der Waals surface area contributed by atoms with E-state index in [1.54, 1.807) is 0 Å². The van der Waals surface area contributed by atoms with Crippen molar-refractivity contribution in [1.82, 2.24) is 0 Å². The molecule has 18 heavy (non-hydrogen) atoms. The van der Waals surface area contributed by atoms with E-state index >= 15 is 0 Å². The third-order valence-corrected chi connectivity index (χ3v) is 5.16. The summed E-state index contributed by atoms with van der Waals surface area (Å²) >= 11 is 0. The Labute approximate surface area is 111 Å². The predicted octanol–water partition coefficient (Wildman–Crippen LogP) is 4.13. The fourth-order valence-corrected chi connectivity index (χ4v) is 5.13. The van der Waals surface area contributed by atoms with E-state index in [9.17, 15) is 0 Å². The summed E-state index contributed by atoms with van der Waals surface area (Å²) in [4.78, 5) is 0. The normalized spacial score (nSPS) is 46.7. The standard InChI is InChI=1S/C16H28O2/c1-14(2,3)17-11-18-16-8-12-5-13(9-16)7-15(4,6-12)10-16/h12-13H,5-11H2,1-4H3. The largest absolute Gasteiger partial charge is 0.350 e. The Morgan fingerprint density at radius 3 is 2.17 bits per heavy atom. The van der Waals surface area contributed by atoms with Gasteiger partial charge in [0.2, 0.25) is 0 Å². The lowest BCUT2D eigenvalue weighted by atomic mass is 9.48. The van der Waals surface area contributed by atoms with Gasteiger partial charge in [-0.25, -0.2) is 0 Å². The molecule has 0 heterocycles. The minimum atomic E-state index is -0.0911.